The number of benzene rings is 2. The van der Waals surface area contributed by atoms with Gasteiger partial charge in [0.25, 0.3) is 0 Å². The summed E-state index contributed by atoms with van der Waals surface area (Å²) < 4.78 is 13.6. The van der Waals surface area contributed by atoms with Crippen LogP contribution in [0.4, 0.5) is 10.1 Å². The summed E-state index contributed by atoms with van der Waals surface area (Å²) in [6, 6.07) is 12.9. The molecule has 1 aliphatic rings. The summed E-state index contributed by atoms with van der Waals surface area (Å²) in [5.41, 5.74) is 3.32. The van der Waals surface area contributed by atoms with Gasteiger partial charge in [-0.2, -0.15) is 0 Å². The summed E-state index contributed by atoms with van der Waals surface area (Å²) in [7, 11) is 0. The Bertz CT molecular complexity index is 1010. The molecule has 0 aliphatic carbocycles. The third-order valence-corrected chi connectivity index (χ3v) is 5.58. The molecule has 3 aromatic rings. The van der Waals surface area contributed by atoms with Gasteiger partial charge in [-0.25, -0.2) is 9.18 Å². The second-order valence-electron chi connectivity index (χ2n) is 6.13. The highest BCUT2D eigenvalue weighted by Crippen LogP contribution is 2.46. The van der Waals surface area contributed by atoms with Crippen LogP contribution in [-0.4, -0.2) is 17.0 Å². The largest absolute Gasteiger partial charge is 0.478 e. The molecule has 2 aromatic carbocycles. The Morgan fingerprint density at radius 3 is 2.65 bits per heavy atom. The van der Waals surface area contributed by atoms with Crippen LogP contribution < -0.4 is 5.32 Å². The van der Waals surface area contributed by atoms with Crippen LogP contribution in [0.5, 0.6) is 0 Å². The predicted octanol–water partition coefficient (Wildman–Crippen LogP) is 4.73. The SMILES string of the molecule is O=C1C[C@H](c2ccc(C(=O)O)cc2)c2scc(-c3cccc(F)c3)c2N1. The molecule has 2 N–H and O–H groups in total. The number of nitrogens with one attached hydrogen (secondary N) is 1. The van der Waals surface area contributed by atoms with E-state index in [0.717, 1.165) is 16.0 Å². The highest BCUT2D eigenvalue weighted by molar-refractivity contribution is 7.11. The fourth-order valence-electron chi connectivity index (χ4n) is 3.22. The van der Waals surface area contributed by atoms with E-state index in [1.165, 1.54) is 23.5 Å². The topological polar surface area (TPSA) is 66.4 Å². The van der Waals surface area contributed by atoms with Crippen LogP contribution >= 0.6 is 11.3 Å². The predicted molar refractivity (Wildman–Crippen MR) is 98.2 cm³/mol. The quantitative estimate of drug-likeness (QED) is 0.703. The number of carboxylic acid groups (broad SMARTS) is 1. The van der Waals surface area contributed by atoms with Gasteiger partial charge in [0.15, 0.2) is 0 Å². The molecule has 0 unspecified atom stereocenters. The Balaban J connectivity index is 1.77. The van der Waals surface area contributed by atoms with Crippen molar-refractivity contribution in [1.82, 2.24) is 0 Å². The van der Waals surface area contributed by atoms with Gasteiger partial charge >= 0.3 is 5.97 Å². The first-order chi connectivity index (χ1) is 12.5. The van der Waals surface area contributed by atoms with Gasteiger partial charge in [0, 0.05) is 28.2 Å². The van der Waals surface area contributed by atoms with Crippen molar-refractivity contribution in [2.75, 3.05) is 5.32 Å². The highest BCUT2D eigenvalue weighted by atomic mass is 32.1. The average Bonchev–Trinajstić information content (AvgIpc) is 3.05. The maximum absolute atomic E-state index is 13.6. The van der Waals surface area contributed by atoms with Gasteiger partial charge in [-0.1, -0.05) is 24.3 Å². The number of amides is 1. The van der Waals surface area contributed by atoms with Gasteiger partial charge in [-0.3, -0.25) is 4.79 Å². The molecule has 4 nitrogen and oxygen atoms in total. The minimum Gasteiger partial charge on any atom is -0.478 e. The minimum absolute atomic E-state index is 0.110. The molecule has 1 aromatic heterocycles. The van der Waals surface area contributed by atoms with Crippen LogP contribution in [0.15, 0.2) is 53.9 Å². The second kappa shape index (κ2) is 6.38. The Hall–Kier alpha value is -2.99. The molecule has 0 radical (unpaired) electrons. The van der Waals surface area contributed by atoms with Crippen LogP contribution in [0.25, 0.3) is 11.1 Å². The summed E-state index contributed by atoms with van der Waals surface area (Å²) in [5, 5.41) is 13.9. The average molecular weight is 367 g/mol. The molecule has 2 heterocycles. The number of halogens is 1. The van der Waals surface area contributed by atoms with Crippen LogP contribution in [0, 0.1) is 5.82 Å². The van der Waals surface area contributed by atoms with Gasteiger partial charge in [0.2, 0.25) is 5.91 Å². The molecule has 0 bridgehead atoms. The van der Waals surface area contributed by atoms with Crippen molar-refractivity contribution in [2.24, 2.45) is 0 Å². The van der Waals surface area contributed by atoms with Crippen molar-refractivity contribution in [1.29, 1.82) is 0 Å². The van der Waals surface area contributed by atoms with E-state index in [4.69, 9.17) is 5.11 Å². The monoisotopic (exact) mass is 367 g/mol. The second-order valence-corrected chi connectivity index (χ2v) is 7.04. The van der Waals surface area contributed by atoms with Crippen molar-refractivity contribution >= 4 is 28.9 Å². The summed E-state index contributed by atoms with van der Waals surface area (Å²) in [4.78, 5) is 24.3. The van der Waals surface area contributed by atoms with Crippen molar-refractivity contribution in [3.8, 4) is 11.1 Å². The summed E-state index contributed by atoms with van der Waals surface area (Å²) in [5.74, 6) is -1.57. The highest BCUT2D eigenvalue weighted by Gasteiger charge is 2.30. The van der Waals surface area contributed by atoms with E-state index in [0.29, 0.717) is 17.7 Å². The van der Waals surface area contributed by atoms with Gasteiger partial charge in [-0.15, -0.1) is 11.3 Å². The number of rotatable bonds is 3. The molecule has 1 amide bonds. The van der Waals surface area contributed by atoms with Crippen molar-refractivity contribution in [3.63, 3.8) is 0 Å². The molecule has 0 spiro atoms. The zero-order chi connectivity index (χ0) is 18.3. The van der Waals surface area contributed by atoms with Crippen LogP contribution in [0.2, 0.25) is 0 Å². The number of carboxylic acids is 1. The number of aromatic carboxylic acids is 1. The van der Waals surface area contributed by atoms with E-state index in [1.54, 1.807) is 30.3 Å². The Labute approximate surface area is 152 Å². The molecule has 6 heteroatoms. The van der Waals surface area contributed by atoms with Crippen molar-refractivity contribution < 1.29 is 19.1 Å². The van der Waals surface area contributed by atoms with Crippen LogP contribution in [0.3, 0.4) is 0 Å². The van der Waals surface area contributed by atoms with Crippen LogP contribution in [-0.2, 0) is 4.79 Å². The molecular weight excluding hydrogens is 353 g/mol. The lowest BCUT2D eigenvalue weighted by atomic mass is 9.88. The normalized spacial score (nSPS) is 16.0. The molecule has 4 rings (SSSR count). The van der Waals surface area contributed by atoms with Gasteiger partial charge in [0.05, 0.1) is 11.3 Å². The van der Waals surface area contributed by atoms with E-state index in [1.807, 2.05) is 11.4 Å². The molecular formula is C20H14FNO3S. The molecule has 0 saturated heterocycles. The number of carbonyl (C=O) groups excluding carboxylic acids is 1. The Morgan fingerprint density at radius 2 is 1.96 bits per heavy atom. The first-order valence-corrected chi connectivity index (χ1v) is 8.91. The number of hydrogen-bond donors (Lipinski definition) is 2. The zero-order valence-electron chi connectivity index (χ0n) is 13.5. The lowest BCUT2D eigenvalue weighted by Crippen LogP contribution is -2.22. The summed E-state index contributed by atoms with van der Waals surface area (Å²) >= 11 is 1.51. The lowest BCUT2D eigenvalue weighted by molar-refractivity contribution is -0.116. The van der Waals surface area contributed by atoms with Gasteiger partial charge in [-0.05, 0) is 35.4 Å². The van der Waals surface area contributed by atoms with Gasteiger partial charge < -0.3 is 10.4 Å². The van der Waals surface area contributed by atoms with E-state index >= 15 is 0 Å². The number of fused-ring (bicyclic) bond motifs is 1. The maximum atomic E-state index is 13.6. The minimum atomic E-state index is -0.983. The number of carbonyl (C=O) groups is 2. The Kier molecular flexibility index (Phi) is 4.05. The number of thiophene rings is 1. The molecule has 0 fully saturated rings. The molecule has 0 saturated carbocycles. The fraction of sp³-hybridized carbons (Fsp3) is 0.100. The fourth-order valence-corrected chi connectivity index (χ4v) is 4.38. The smallest absolute Gasteiger partial charge is 0.335 e. The summed E-state index contributed by atoms with van der Waals surface area (Å²) in [6.07, 6.45) is 0.294. The van der Waals surface area contributed by atoms with E-state index < -0.39 is 5.97 Å². The van der Waals surface area contributed by atoms with Crippen molar-refractivity contribution in [3.05, 3.63) is 75.7 Å². The molecule has 26 heavy (non-hydrogen) atoms. The number of anilines is 1. The standard InChI is InChI=1S/C20H14FNO3S/c21-14-3-1-2-13(8-14)16-10-26-19-15(9-17(23)22-18(16)19)11-4-6-12(7-5-11)20(24)25/h1-8,10,15H,9H2,(H,22,23)(H,24,25)/t15-/m1/s1. The molecule has 1 atom stereocenters. The maximum Gasteiger partial charge on any atom is 0.335 e. The molecule has 1 aliphatic heterocycles. The Morgan fingerprint density at radius 1 is 1.19 bits per heavy atom. The van der Waals surface area contributed by atoms with Gasteiger partial charge in [0.1, 0.15) is 5.82 Å². The van der Waals surface area contributed by atoms with Crippen LogP contribution in [0.1, 0.15) is 33.1 Å². The zero-order valence-corrected chi connectivity index (χ0v) is 14.3. The number of hydrogen-bond acceptors (Lipinski definition) is 3. The lowest BCUT2D eigenvalue weighted by Gasteiger charge is -2.24. The van der Waals surface area contributed by atoms with E-state index in [-0.39, 0.29) is 23.2 Å². The molecule has 130 valence electrons. The first-order valence-electron chi connectivity index (χ1n) is 8.03. The first kappa shape index (κ1) is 16.5. The summed E-state index contributed by atoms with van der Waals surface area (Å²) in [6.45, 7) is 0. The van der Waals surface area contributed by atoms with Crippen molar-refractivity contribution in [2.45, 2.75) is 12.3 Å². The van der Waals surface area contributed by atoms with E-state index in [2.05, 4.69) is 5.32 Å². The third kappa shape index (κ3) is 2.88. The third-order valence-electron chi connectivity index (χ3n) is 4.49. The van der Waals surface area contributed by atoms with E-state index in [9.17, 15) is 14.0 Å².